The van der Waals surface area contributed by atoms with Crippen molar-refractivity contribution in [3.05, 3.63) is 52.2 Å². The smallest absolute Gasteiger partial charge is 0.331 e. The van der Waals surface area contributed by atoms with Crippen LogP contribution in [0.3, 0.4) is 0 Å². The van der Waals surface area contributed by atoms with Crippen molar-refractivity contribution >= 4 is 5.65 Å². The summed E-state index contributed by atoms with van der Waals surface area (Å²) in [6, 6.07) is 7.73. The Kier molecular flexibility index (Phi) is 2.99. The highest BCUT2D eigenvalue weighted by molar-refractivity contribution is 5.70. The number of ether oxygens (including phenoxy) is 1. The molecule has 0 unspecified atom stereocenters. The van der Waals surface area contributed by atoms with Gasteiger partial charge in [0.15, 0.2) is 0 Å². The molecule has 0 spiro atoms. The molecule has 1 N–H and O–H groups in total. The number of H-pyrrole nitrogens is 1. The number of aryl methyl sites for hydroxylation is 2. The summed E-state index contributed by atoms with van der Waals surface area (Å²) in [4.78, 5) is 20.0. The van der Waals surface area contributed by atoms with Crippen LogP contribution in [-0.2, 0) is 12.8 Å². The highest BCUT2D eigenvalue weighted by atomic mass is 16.5. The van der Waals surface area contributed by atoms with Gasteiger partial charge in [0.2, 0.25) is 0 Å². The Morgan fingerprint density at radius 3 is 2.91 bits per heavy atom. The van der Waals surface area contributed by atoms with Gasteiger partial charge in [0.05, 0.1) is 12.8 Å². The van der Waals surface area contributed by atoms with Crippen molar-refractivity contribution in [2.75, 3.05) is 7.11 Å². The number of aromatic amines is 1. The maximum atomic E-state index is 12.3. The van der Waals surface area contributed by atoms with E-state index in [-0.39, 0.29) is 5.69 Å². The van der Waals surface area contributed by atoms with Crippen molar-refractivity contribution in [3.63, 3.8) is 0 Å². The predicted molar refractivity (Wildman–Crippen MR) is 84.4 cm³/mol. The number of hydrogen-bond donors (Lipinski definition) is 1. The number of hydrogen-bond acceptors (Lipinski definition) is 3. The number of imidazole rings is 1. The quantitative estimate of drug-likeness (QED) is 0.790. The van der Waals surface area contributed by atoms with Crippen molar-refractivity contribution in [2.24, 2.45) is 0 Å². The first kappa shape index (κ1) is 13.1. The largest absolute Gasteiger partial charge is 0.496 e. The zero-order valence-electron chi connectivity index (χ0n) is 12.4. The summed E-state index contributed by atoms with van der Waals surface area (Å²) in [6.45, 7) is 0. The van der Waals surface area contributed by atoms with Gasteiger partial charge in [0.25, 0.3) is 0 Å². The Labute approximate surface area is 127 Å². The van der Waals surface area contributed by atoms with Gasteiger partial charge < -0.3 is 9.72 Å². The van der Waals surface area contributed by atoms with Crippen LogP contribution >= 0.6 is 0 Å². The van der Waals surface area contributed by atoms with Crippen LogP contribution < -0.4 is 10.4 Å². The number of nitrogens with zero attached hydrogens (tertiary/aromatic N) is 2. The van der Waals surface area contributed by atoms with E-state index in [9.17, 15) is 4.79 Å². The van der Waals surface area contributed by atoms with Gasteiger partial charge in [-0.1, -0.05) is 12.1 Å². The first-order valence-corrected chi connectivity index (χ1v) is 7.54. The van der Waals surface area contributed by atoms with Crippen LogP contribution in [0.15, 0.2) is 35.3 Å². The summed E-state index contributed by atoms with van der Waals surface area (Å²) >= 11 is 0. The summed E-state index contributed by atoms with van der Waals surface area (Å²) in [7, 11) is 1.64. The number of benzene rings is 1. The molecule has 5 heteroatoms. The third-order valence-electron chi connectivity index (χ3n) is 4.30. The SMILES string of the molecule is COc1ccccc1-c1cn2c(=O)[nH]c3c(c2n1)CCCC3. The van der Waals surface area contributed by atoms with Crippen molar-refractivity contribution in [1.82, 2.24) is 14.4 Å². The second-order valence-corrected chi connectivity index (χ2v) is 5.61. The van der Waals surface area contributed by atoms with Gasteiger partial charge in [-0.3, -0.25) is 4.40 Å². The molecule has 112 valence electrons. The molecule has 0 saturated heterocycles. The maximum Gasteiger partial charge on any atom is 0.331 e. The Bertz CT molecular complexity index is 908. The third-order valence-corrected chi connectivity index (χ3v) is 4.30. The Morgan fingerprint density at radius 2 is 2.05 bits per heavy atom. The number of methoxy groups -OCH3 is 1. The predicted octanol–water partition coefficient (Wildman–Crippen LogP) is 2.58. The van der Waals surface area contributed by atoms with Crippen LogP contribution in [0.5, 0.6) is 5.75 Å². The molecule has 0 radical (unpaired) electrons. The number of rotatable bonds is 2. The molecular weight excluding hydrogens is 278 g/mol. The van der Waals surface area contributed by atoms with Crippen LogP contribution in [0.25, 0.3) is 16.9 Å². The summed E-state index contributed by atoms with van der Waals surface area (Å²) in [5.41, 5.74) is 4.54. The Hall–Kier alpha value is -2.56. The van der Waals surface area contributed by atoms with E-state index in [4.69, 9.17) is 9.72 Å². The molecule has 1 aliphatic rings. The molecule has 22 heavy (non-hydrogen) atoms. The van der Waals surface area contributed by atoms with Crippen LogP contribution in [0.2, 0.25) is 0 Å². The molecule has 0 aliphatic heterocycles. The van der Waals surface area contributed by atoms with Crippen molar-refractivity contribution < 1.29 is 4.74 Å². The molecule has 0 saturated carbocycles. The molecule has 4 rings (SSSR count). The Morgan fingerprint density at radius 1 is 1.23 bits per heavy atom. The monoisotopic (exact) mass is 295 g/mol. The fourth-order valence-electron chi connectivity index (χ4n) is 3.21. The summed E-state index contributed by atoms with van der Waals surface area (Å²) in [6.07, 6.45) is 5.96. The molecule has 1 aliphatic carbocycles. The van der Waals surface area contributed by atoms with Crippen LogP contribution in [0, 0.1) is 0 Å². The van der Waals surface area contributed by atoms with Gasteiger partial charge in [-0.05, 0) is 37.8 Å². The zero-order valence-corrected chi connectivity index (χ0v) is 12.4. The second kappa shape index (κ2) is 5.02. The fraction of sp³-hybridized carbons (Fsp3) is 0.294. The van der Waals surface area contributed by atoms with Crippen LogP contribution in [0.1, 0.15) is 24.1 Å². The van der Waals surface area contributed by atoms with E-state index in [1.807, 2.05) is 24.3 Å². The van der Waals surface area contributed by atoms with Crippen molar-refractivity contribution in [3.8, 4) is 17.0 Å². The van der Waals surface area contributed by atoms with Gasteiger partial charge in [-0.2, -0.15) is 0 Å². The maximum absolute atomic E-state index is 12.3. The van der Waals surface area contributed by atoms with E-state index in [1.54, 1.807) is 17.7 Å². The first-order chi connectivity index (χ1) is 10.8. The lowest BCUT2D eigenvalue weighted by molar-refractivity contribution is 0.416. The molecule has 1 aromatic carbocycles. The summed E-state index contributed by atoms with van der Waals surface area (Å²) in [5.74, 6) is 0.760. The van der Waals surface area contributed by atoms with Gasteiger partial charge in [0.1, 0.15) is 11.4 Å². The van der Waals surface area contributed by atoms with Gasteiger partial charge in [0, 0.05) is 23.0 Å². The van der Waals surface area contributed by atoms with Crippen LogP contribution in [0.4, 0.5) is 0 Å². The van der Waals surface area contributed by atoms with E-state index in [2.05, 4.69) is 4.98 Å². The molecule has 3 aromatic rings. The highest BCUT2D eigenvalue weighted by Crippen LogP contribution is 2.30. The molecule has 0 bridgehead atoms. The van der Waals surface area contributed by atoms with Gasteiger partial charge >= 0.3 is 5.69 Å². The minimum absolute atomic E-state index is 0.121. The average molecular weight is 295 g/mol. The lowest BCUT2D eigenvalue weighted by Gasteiger charge is -2.15. The van der Waals surface area contributed by atoms with Crippen LogP contribution in [-0.4, -0.2) is 21.5 Å². The van der Waals surface area contributed by atoms with Crippen molar-refractivity contribution in [1.29, 1.82) is 0 Å². The lowest BCUT2D eigenvalue weighted by Crippen LogP contribution is -2.21. The molecule has 2 aromatic heterocycles. The average Bonchev–Trinajstić information content (AvgIpc) is 3.01. The molecular formula is C17H17N3O2. The molecule has 0 amide bonds. The minimum atomic E-state index is -0.121. The minimum Gasteiger partial charge on any atom is -0.496 e. The zero-order chi connectivity index (χ0) is 15.1. The molecule has 5 nitrogen and oxygen atoms in total. The van der Waals surface area contributed by atoms with E-state index in [0.717, 1.165) is 54.0 Å². The van der Waals surface area contributed by atoms with Gasteiger partial charge in [-0.15, -0.1) is 0 Å². The summed E-state index contributed by atoms with van der Waals surface area (Å²) < 4.78 is 7.02. The Balaban J connectivity index is 1.98. The van der Waals surface area contributed by atoms with E-state index in [0.29, 0.717) is 0 Å². The number of para-hydroxylation sites is 1. The second-order valence-electron chi connectivity index (χ2n) is 5.61. The molecule has 0 fully saturated rings. The fourth-order valence-corrected chi connectivity index (χ4v) is 3.21. The first-order valence-electron chi connectivity index (χ1n) is 7.54. The third kappa shape index (κ3) is 1.93. The number of fused-ring (bicyclic) bond motifs is 3. The molecule has 0 atom stereocenters. The standard InChI is InChI=1S/C17H17N3O2/c1-22-15-9-5-3-6-11(15)14-10-20-16(18-14)12-7-2-4-8-13(12)19-17(20)21/h3,5-6,9-10H,2,4,7-8H2,1H3,(H,19,21). The number of nitrogens with one attached hydrogen (secondary N) is 1. The van der Waals surface area contributed by atoms with Crippen molar-refractivity contribution in [2.45, 2.75) is 25.7 Å². The topological polar surface area (TPSA) is 59.4 Å². The van der Waals surface area contributed by atoms with E-state index in [1.165, 1.54) is 5.56 Å². The van der Waals surface area contributed by atoms with E-state index >= 15 is 0 Å². The summed E-state index contributed by atoms with van der Waals surface area (Å²) in [5, 5.41) is 0. The molecule has 2 heterocycles. The number of aromatic nitrogens is 3. The normalized spacial score (nSPS) is 14.0. The lowest BCUT2D eigenvalue weighted by atomic mass is 9.97. The highest BCUT2D eigenvalue weighted by Gasteiger charge is 2.18. The van der Waals surface area contributed by atoms with E-state index < -0.39 is 0 Å². The van der Waals surface area contributed by atoms with Gasteiger partial charge in [-0.25, -0.2) is 9.78 Å².